The summed E-state index contributed by atoms with van der Waals surface area (Å²) in [5.74, 6) is 0.674. The highest BCUT2D eigenvalue weighted by atomic mass is 35.5. The molecule has 0 spiro atoms. The van der Waals surface area contributed by atoms with E-state index in [-0.39, 0.29) is 11.9 Å². The molecule has 0 aliphatic carbocycles. The van der Waals surface area contributed by atoms with Crippen LogP contribution in [0.5, 0.6) is 5.75 Å². The summed E-state index contributed by atoms with van der Waals surface area (Å²) in [5.41, 5.74) is 2.44. The number of carbonyl (C=O) groups is 1. The molecular weight excluding hydrogens is 289 g/mol. The Morgan fingerprint density at radius 2 is 2.26 bits per heavy atom. The third-order valence-corrected chi connectivity index (χ3v) is 3.91. The number of carboxylic acid groups (broad SMARTS) is 1. The smallest absolute Gasteiger partial charge is 0.407 e. The highest BCUT2D eigenvalue weighted by Gasteiger charge is 2.25. The van der Waals surface area contributed by atoms with E-state index in [1.165, 1.54) is 4.90 Å². The molecule has 2 rings (SSSR count). The molecule has 1 aromatic rings. The van der Waals surface area contributed by atoms with Crippen LogP contribution in [0.15, 0.2) is 6.07 Å². The van der Waals surface area contributed by atoms with Gasteiger partial charge in [-0.15, -0.1) is 11.6 Å². The van der Waals surface area contributed by atoms with Crippen molar-refractivity contribution in [2.45, 2.75) is 25.8 Å². The molecule has 1 atom stereocenters. The predicted molar refractivity (Wildman–Crippen MR) is 74.4 cm³/mol. The number of hydrogen-bond donors (Lipinski definition) is 1. The molecule has 6 heteroatoms. The zero-order chi connectivity index (χ0) is 14.2. The highest BCUT2D eigenvalue weighted by molar-refractivity contribution is 6.31. The Morgan fingerprint density at radius 3 is 2.84 bits per heavy atom. The minimum atomic E-state index is -0.962. The molecular formula is C13H15Cl2NO3. The van der Waals surface area contributed by atoms with E-state index in [1.54, 1.807) is 6.07 Å². The third kappa shape index (κ3) is 2.74. The fourth-order valence-corrected chi connectivity index (χ4v) is 2.54. The number of amides is 1. The van der Waals surface area contributed by atoms with Crippen molar-refractivity contribution in [3.63, 3.8) is 0 Å². The maximum atomic E-state index is 11.1. The van der Waals surface area contributed by atoms with Gasteiger partial charge in [-0.05, 0) is 25.5 Å². The molecule has 19 heavy (non-hydrogen) atoms. The van der Waals surface area contributed by atoms with Gasteiger partial charge in [-0.25, -0.2) is 4.79 Å². The van der Waals surface area contributed by atoms with Crippen LogP contribution in [0, 0.1) is 6.92 Å². The average molecular weight is 304 g/mol. The van der Waals surface area contributed by atoms with Crippen LogP contribution in [0.4, 0.5) is 4.79 Å². The van der Waals surface area contributed by atoms with E-state index in [2.05, 4.69) is 0 Å². The van der Waals surface area contributed by atoms with Crippen molar-refractivity contribution >= 4 is 29.3 Å². The van der Waals surface area contributed by atoms with Crippen molar-refractivity contribution in [3.8, 4) is 5.75 Å². The molecule has 0 saturated carbocycles. The first-order valence-electron chi connectivity index (χ1n) is 5.98. The lowest BCUT2D eigenvalue weighted by Crippen LogP contribution is -2.31. The molecule has 1 heterocycles. The van der Waals surface area contributed by atoms with Gasteiger partial charge in [0.15, 0.2) is 0 Å². The van der Waals surface area contributed by atoms with Gasteiger partial charge in [0, 0.05) is 16.1 Å². The Bertz CT molecular complexity index is 517. The van der Waals surface area contributed by atoms with Crippen molar-refractivity contribution in [1.29, 1.82) is 0 Å². The fourth-order valence-electron chi connectivity index (χ4n) is 2.15. The quantitative estimate of drug-likeness (QED) is 0.802. The van der Waals surface area contributed by atoms with E-state index < -0.39 is 6.09 Å². The van der Waals surface area contributed by atoms with Gasteiger partial charge in [-0.3, -0.25) is 0 Å². The van der Waals surface area contributed by atoms with Crippen LogP contribution in [-0.2, 0) is 6.54 Å². The number of nitrogens with zero attached hydrogens (tertiary/aromatic N) is 1. The molecule has 0 radical (unpaired) electrons. The lowest BCUT2D eigenvalue weighted by molar-refractivity contribution is 0.138. The monoisotopic (exact) mass is 303 g/mol. The van der Waals surface area contributed by atoms with E-state index in [4.69, 9.17) is 33.0 Å². The van der Waals surface area contributed by atoms with Gasteiger partial charge in [0.05, 0.1) is 18.5 Å². The van der Waals surface area contributed by atoms with E-state index >= 15 is 0 Å². The van der Waals surface area contributed by atoms with E-state index in [1.807, 2.05) is 13.8 Å². The molecule has 1 aliphatic heterocycles. The number of fused-ring (bicyclic) bond motifs is 1. The number of halogens is 2. The molecule has 0 fully saturated rings. The van der Waals surface area contributed by atoms with Gasteiger partial charge in [-0.1, -0.05) is 11.6 Å². The first kappa shape index (κ1) is 14.3. The van der Waals surface area contributed by atoms with Crippen LogP contribution in [0.3, 0.4) is 0 Å². The Kier molecular flexibility index (Phi) is 4.11. The molecule has 4 nitrogen and oxygen atoms in total. The number of ether oxygens (including phenoxy) is 1. The fraction of sp³-hybridized carbons (Fsp3) is 0.462. The zero-order valence-corrected chi connectivity index (χ0v) is 12.3. The number of alkyl halides is 1. The second-order valence-corrected chi connectivity index (χ2v) is 5.61. The number of rotatable bonds is 1. The molecule has 1 unspecified atom stereocenters. The third-order valence-electron chi connectivity index (χ3n) is 3.29. The lowest BCUT2D eigenvalue weighted by atomic mass is 10.0. The van der Waals surface area contributed by atoms with Crippen molar-refractivity contribution < 1.29 is 14.6 Å². The SMILES string of the molecule is Cc1c(Cl)cc(C(C)Cl)c2c1CN(C(=O)O)CCO2. The van der Waals surface area contributed by atoms with E-state index in [0.717, 1.165) is 16.7 Å². The summed E-state index contributed by atoms with van der Waals surface area (Å²) < 4.78 is 5.71. The summed E-state index contributed by atoms with van der Waals surface area (Å²) in [4.78, 5) is 12.5. The molecule has 0 bridgehead atoms. The summed E-state index contributed by atoms with van der Waals surface area (Å²) in [6.45, 7) is 4.62. The van der Waals surface area contributed by atoms with Gasteiger partial charge in [0.2, 0.25) is 0 Å². The van der Waals surface area contributed by atoms with Crippen molar-refractivity contribution in [2.24, 2.45) is 0 Å². The van der Waals surface area contributed by atoms with Crippen LogP contribution in [0.1, 0.15) is 29.0 Å². The van der Waals surface area contributed by atoms with Crippen LogP contribution in [0.25, 0.3) is 0 Å². The Hall–Kier alpha value is -1.13. The van der Waals surface area contributed by atoms with Gasteiger partial charge >= 0.3 is 6.09 Å². The molecule has 1 N–H and O–H groups in total. The summed E-state index contributed by atoms with van der Waals surface area (Å²) in [7, 11) is 0. The van der Waals surface area contributed by atoms with Crippen molar-refractivity contribution in [2.75, 3.05) is 13.2 Å². The summed E-state index contributed by atoms with van der Waals surface area (Å²) in [5, 5.41) is 9.47. The molecule has 1 aromatic carbocycles. The Morgan fingerprint density at radius 1 is 1.58 bits per heavy atom. The first-order valence-corrected chi connectivity index (χ1v) is 6.80. The standard InChI is InChI=1S/C13H15Cl2NO3/c1-7-10-6-16(13(17)18)3-4-19-12(10)9(8(2)14)5-11(7)15/h5,8H,3-4,6H2,1-2H3,(H,17,18). The topological polar surface area (TPSA) is 49.8 Å². The van der Waals surface area contributed by atoms with Crippen LogP contribution < -0.4 is 4.74 Å². The van der Waals surface area contributed by atoms with Gasteiger partial charge in [0.1, 0.15) is 12.4 Å². The number of hydrogen-bond acceptors (Lipinski definition) is 2. The minimum absolute atomic E-state index is 0.247. The average Bonchev–Trinajstić information content (AvgIpc) is 2.56. The molecule has 1 amide bonds. The van der Waals surface area contributed by atoms with Crippen LogP contribution >= 0.6 is 23.2 Å². The Labute approximate surface area is 121 Å². The summed E-state index contributed by atoms with van der Waals surface area (Å²) in [6.07, 6.45) is -0.962. The maximum absolute atomic E-state index is 11.1. The lowest BCUT2D eigenvalue weighted by Gasteiger charge is -2.19. The second kappa shape index (κ2) is 5.47. The first-order chi connectivity index (χ1) is 8.91. The maximum Gasteiger partial charge on any atom is 0.407 e. The van der Waals surface area contributed by atoms with Crippen LogP contribution in [-0.4, -0.2) is 29.3 Å². The summed E-state index contributed by atoms with van der Waals surface area (Å²) in [6, 6.07) is 1.80. The molecule has 0 aromatic heterocycles. The molecule has 0 saturated heterocycles. The van der Waals surface area contributed by atoms with Crippen molar-refractivity contribution in [3.05, 3.63) is 27.8 Å². The highest BCUT2D eigenvalue weighted by Crippen LogP contribution is 2.39. The van der Waals surface area contributed by atoms with E-state index in [9.17, 15) is 4.79 Å². The van der Waals surface area contributed by atoms with Crippen molar-refractivity contribution in [1.82, 2.24) is 4.90 Å². The minimum Gasteiger partial charge on any atom is -0.491 e. The predicted octanol–water partition coefficient (Wildman–Crippen LogP) is 3.82. The van der Waals surface area contributed by atoms with Gasteiger partial charge in [0.25, 0.3) is 0 Å². The zero-order valence-electron chi connectivity index (χ0n) is 10.7. The second-order valence-electron chi connectivity index (χ2n) is 4.55. The Balaban J connectivity index is 2.55. The molecule has 104 valence electrons. The number of benzene rings is 1. The van der Waals surface area contributed by atoms with Gasteiger partial charge < -0.3 is 14.7 Å². The normalized spacial score (nSPS) is 16.3. The summed E-state index contributed by atoms with van der Waals surface area (Å²) >= 11 is 12.3. The largest absolute Gasteiger partial charge is 0.491 e. The molecule has 1 aliphatic rings. The van der Waals surface area contributed by atoms with Gasteiger partial charge in [-0.2, -0.15) is 0 Å². The van der Waals surface area contributed by atoms with E-state index in [0.29, 0.717) is 23.9 Å². The van der Waals surface area contributed by atoms with Crippen LogP contribution in [0.2, 0.25) is 5.02 Å².